The maximum absolute atomic E-state index is 10.9. The molecule has 0 rings (SSSR count). The average Bonchev–Trinajstić information content (AvgIpc) is 2.57. The predicted octanol–water partition coefficient (Wildman–Crippen LogP) is 5.71. The van der Waals surface area contributed by atoms with Gasteiger partial charge in [-0.1, -0.05) is 83.6 Å². The van der Waals surface area contributed by atoms with Crippen LogP contribution in [0.4, 0.5) is 0 Å². The molecule has 0 aromatic heterocycles. The van der Waals surface area contributed by atoms with Gasteiger partial charge in [-0.25, -0.2) is 4.79 Å². The zero-order chi connectivity index (χ0) is 17.9. The third kappa shape index (κ3) is 16.0. The van der Waals surface area contributed by atoms with E-state index in [1.165, 1.54) is 77.7 Å². The van der Waals surface area contributed by atoms with E-state index in [0.717, 1.165) is 12.8 Å². The summed E-state index contributed by atoms with van der Waals surface area (Å²) in [6.07, 6.45) is 19.5. The normalized spacial score (nSPS) is 12.8. The number of hydrogen-bond acceptors (Lipinski definition) is 3. The topological polar surface area (TPSA) is 55.8 Å². The lowest BCUT2D eigenvalue weighted by molar-refractivity contribution is -0.153. The van der Waals surface area contributed by atoms with Crippen molar-refractivity contribution in [2.45, 2.75) is 96.5 Å². The van der Waals surface area contributed by atoms with E-state index in [1.54, 1.807) is 6.08 Å². The largest absolute Gasteiger partial charge is 0.479 e. The van der Waals surface area contributed by atoms with Crippen molar-refractivity contribution in [2.24, 2.45) is 0 Å². The summed E-state index contributed by atoms with van der Waals surface area (Å²) in [5, 5.41) is 8.97. The van der Waals surface area contributed by atoms with Crippen molar-refractivity contribution in [3.05, 3.63) is 12.2 Å². The van der Waals surface area contributed by atoms with Gasteiger partial charge in [-0.3, -0.25) is 0 Å². The molecule has 142 valence electrons. The minimum Gasteiger partial charge on any atom is -0.479 e. The molecule has 0 amide bonds. The zero-order valence-electron chi connectivity index (χ0n) is 15.8. The van der Waals surface area contributed by atoms with E-state index in [9.17, 15) is 4.79 Å². The minimum absolute atomic E-state index is 0.0000887. The van der Waals surface area contributed by atoms with Gasteiger partial charge in [-0.15, -0.1) is 0 Å². The molecule has 0 fully saturated rings. The van der Waals surface area contributed by atoms with Gasteiger partial charge >= 0.3 is 5.97 Å². The summed E-state index contributed by atoms with van der Waals surface area (Å²) in [5.41, 5.74) is 0. The summed E-state index contributed by atoms with van der Waals surface area (Å²) in [5.74, 6) is -0.974. The van der Waals surface area contributed by atoms with E-state index in [4.69, 9.17) is 14.6 Å². The zero-order valence-corrected chi connectivity index (χ0v) is 15.8. The van der Waals surface area contributed by atoms with Gasteiger partial charge in [-0.05, 0) is 18.9 Å². The molecule has 0 spiro atoms. The Morgan fingerprint density at radius 1 is 0.917 bits per heavy atom. The van der Waals surface area contributed by atoms with Crippen LogP contribution < -0.4 is 0 Å². The van der Waals surface area contributed by atoms with Gasteiger partial charge in [0, 0.05) is 7.11 Å². The second-order valence-electron chi connectivity index (χ2n) is 6.44. The lowest BCUT2D eigenvalue weighted by Gasteiger charge is -2.08. The second kappa shape index (κ2) is 18.5. The van der Waals surface area contributed by atoms with E-state index in [2.05, 4.69) is 6.92 Å². The summed E-state index contributed by atoms with van der Waals surface area (Å²) >= 11 is 0. The Balaban J connectivity index is 3.37. The molecule has 0 heterocycles. The van der Waals surface area contributed by atoms with Crippen LogP contribution in [-0.4, -0.2) is 31.1 Å². The summed E-state index contributed by atoms with van der Waals surface area (Å²) in [6, 6.07) is 0. The monoisotopic (exact) mass is 342 g/mol. The van der Waals surface area contributed by atoms with Gasteiger partial charge in [0.15, 0.2) is 6.10 Å². The Bertz CT molecular complexity index is 302. The molecule has 4 heteroatoms. The van der Waals surface area contributed by atoms with Gasteiger partial charge < -0.3 is 14.6 Å². The standard InChI is InChI=1S/C20H38O4/c1-3-4-5-6-7-8-9-10-11-12-13-14-15-16-17-19(20(21)22)24-18-23-2/h16-17,19H,3-15,18H2,1-2H3,(H,21,22)/b17-16-/t19-/m0/s1. The number of rotatable bonds is 18. The smallest absolute Gasteiger partial charge is 0.336 e. The molecule has 1 N–H and O–H groups in total. The fraction of sp³-hybridized carbons (Fsp3) is 0.850. The number of carboxylic acids is 1. The molecule has 0 saturated carbocycles. The fourth-order valence-electron chi connectivity index (χ4n) is 2.67. The first kappa shape index (κ1) is 23.1. The van der Waals surface area contributed by atoms with Crippen molar-refractivity contribution in [1.29, 1.82) is 0 Å². The van der Waals surface area contributed by atoms with Crippen LogP contribution >= 0.6 is 0 Å². The number of ether oxygens (including phenoxy) is 2. The van der Waals surface area contributed by atoms with Gasteiger partial charge in [0.1, 0.15) is 6.79 Å². The van der Waals surface area contributed by atoms with Crippen molar-refractivity contribution in [1.82, 2.24) is 0 Å². The number of carboxylic acid groups (broad SMARTS) is 1. The first-order valence-corrected chi connectivity index (χ1v) is 9.72. The van der Waals surface area contributed by atoms with Crippen LogP contribution in [0.15, 0.2) is 12.2 Å². The molecule has 0 radical (unpaired) electrons. The lowest BCUT2D eigenvalue weighted by atomic mass is 10.0. The summed E-state index contributed by atoms with van der Waals surface area (Å²) in [6.45, 7) is 2.26. The predicted molar refractivity (Wildman–Crippen MR) is 99.2 cm³/mol. The summed E-state index contributed by atoms with van der Waals surface area (Å²) < 4.78 is 9.78. The van der Waals surface area contributed by atoms with Crippen LogP contribution in [0.5, 0.6) is 0 Å². The number of unbranched alkanes of at least 4 members (excludes halogenated alkanes) is 12. The summed E-state index contributed by atoms with van der Waals surface area (Å²) in [4.78, 5) is 10.9. The van der Waals surface area contributed by atoms with E-state index in [-0.39, 0.29) is 6.79 Å². The van der Waals surface area contributed by atoms with Crippen molar-refractivity contribution in [2.75, 3.05) is 13.9 Å². The first-order chi connectivity index (χ1) is 11.7. The molecule has 0 aromatic carbocycles. The molecule has 0 saturated heterocycles. The third-order valence-corrected chi connectivity index (χ3v) is 4.14. The van der Waals surface area contributed by atoms with E-state index in [1.807, 2.05) is 6.08 Å². The van der Waals surface area contributed by atoms with Gasteiger partial charge in [-0.2, -0.15) is 0 Å². The van der Waals surface area contributed by atoms with Gasteiger partial charge in [0.25, 0.3) is 0 Å². The highest BCUT2D eigenvalue weighted by atomic mass is 16.7. The molecule has 0 aromatic rings. The number of aliphatic carboxylic acids is 1. The maximum atomic E-state index is 10.9. The first-order valence-electron chi connectivity index (χ1n) is 9.72. The van der Waals surface area contributed by atoms with E-state index >= 15 is 0 Å². The quantitative estimate of drug-likeness (QED) is 0.197. The molecule has 24 heavy (non-hydrogen) atoms. The van der Waals surface area contributed by atoms with E-state index in [0.29, 0.717) is 0 Å². The number of carbonyl (C=O) groups is 1. The highest BCUT2D eigenvalue weighted by molar-refractivity contribution is 5.74. The molecule has 4 nitrogen and oxygen atoms in total. The molecule has 0 aliphatic heterocycles. The van der Waals surface area contributed by atoms with Crippen molar-refractivity contribution in [3.8, 4) is 0 Å². The van der Waals surface area contributed by atoms with Crippen LogP contribution in [0.1, 0.15) is 90.4 Å². The van der Waals surface area contributed by atoms with Crippen LogP contribution in [-0.2, 0) is 14.3 Å². The molecule has 0 aliphatic rings. The van der Waals surface area contributed by atoms with E-state index < -0.39 is 12.1 Å². The Labute approximate surface area is 148 Å². The Morgan fingerprint density at radius 2 is 1.42 bits per heavy atom. The Hall–Kier alpha value is -0.870. The van der Waals surface area contributed by atoms with Crippen LogP contribution in [0, 0.1) is 0 Å². The van der Waals surface area contributed by atoms with Crippen molar-refractivity contribution in [3.63, 3.8) is 0 Å². The summed E-state index contributed by atoms with van der Waals surface area (Å²) in [7, 11) is 1.48. The Kier molecular flexibility index (Phi) is 17.8. The van der Waals surface area contributed by atoms with Gasteiger partial charge in [0.05, 0.1) is 0 Å². The molecule has 0 bridgehead atoms. The number of allylic oxidation sites excluding steroid dienone is 1. The highest BCUT2D eigenvalue weighted by Gasteiger charge is 2.13. The lowest BCUT2D eigenvalue weighted by Crippen LogP contribution is -2.22. The third-order valence-electron chi connectivity index (χ3n) is 4.14. The highest BCUT2D eigenvalue weighted by Crippen LogP contribution is 2.12. The van der Waals surface area contributed by atoms with Crippen LogP contribution in [0.25, 0.3) is 0 Å². The second-order valence-corrected chi connectivity index (χ2v) is 6.44. The van der Waals surface area contributed by atoms with Crippen LogP contribution in [0.2, 0.25) is 0 Å². The SMILES string of the molecule is CCCCCCCCCCCCCC/C=C\[C@H](OCOC)C(=O)O. The number of methoxy groups -OCH3 is 1. The molecular weight excluding hydrogens is 304 g/mol. The molecule has 0 unspecified atom stereocenters. The van der Waals surface area contributed by atoms with Crippen LogP contribution in [0.3, 0.4) is 0 Å². The average molecular weight is 343 g/mol. The molecule has 0 aliphatic carbocycles. The maximum Gasteiger partial charge on any atom is 0.336 e. The van der Waals surface area contributed by atoms with Crippen molar-refractivity contribution >= 4 is 5.97 Å². The molecular formula is C20H38O4. The molecule has 1 atom stereocenters. The Morgan fingerprint density at radius 3 is 1.88 bits per heavy atom. The minimum atomic E-state index is -0.974. The van der Waals surface area contributed by atoms with Gasteiger partial charge in [0.2, 0.25) is 0 Å². The number of hydrogen-bond donors (Lipinski definition) is 1. The fourth-order valence-corrected chi connectivity index (χ4v) is 2.67. The van der Waals surface area contributed by atoms with Crippen molar-refractivity contribution < 1.29 is 19.4 Å².